The molecular weight excluding hydrogens is 274 g/mol. The minimum Gasteiger partial charge on any atom is -0.329 e. The number of aryl methyl sites for hydroxylation is 1. The van der Waals surface area contributed by atoms with E-state index in [0.717, 1.165) is 0 Å². The smallest absolute Gasteiger partial charge is 0.241 e. The van der Waals surface area contributed by atoms with Crippen LogP contribution in [0.4, 0.5) is 0 Å². The highest BCUT2D eigenvalue weighted by atomic mass is 32.2. The molecule has 3 N–H and O–H groups in total. The van der Waals surface area contributed by atoms with Crippen molar-refractivity contribution in [1.29, 1.82) is 5.26 Å². The predicted molar refractivity (Wildman–Crippen MR) is 78.6 cm³/mol. The first kappa shape index (κ1) is 16.6. The van der Waals surface area contributed by atoms with Crippen molar-refractivity contribution in [2.75, 3.05) is 6.54 Å². The van der Waals surface area contributed by atoms with Crippen LogP contribution >= 0.6 is 0 Å². The zero-order chi connectivity index (χ0) is 15.4. The molecule has 0 heterocycles. The summed E-state index contributed by atoms with van der Waals surface area (Å²) in [5.41, 5.74) is 6.21. The van der Waals surface area contributed by atoms with Crippen LogP contribution in [0, 0.1) is 18.3 Å². The Labute approximate surface area is 120 Å². The lowest BCUT2D eigenvalue weighted by atomic mass is 9.95. The van der Waals surface area contributed by atoms with E-state index in [1.165, 1.54) is 18.2 Å². The molecule has 1 aromatic carbocycles. The van der Waals surface area contributed by atoms with Crippen molar-refractivity contribution in [3.63, 3.8) is 0 Å². The van der Waals surface area contributed by atoms with Crippen LogP contribution in [0.1, 0.15) is 37.8 Å². The number of nitrogens with zero attached hydrogens (tertiary/aromatic N) is 1. The Kier molecular flexibility index (Phi) is 5.28. The zero-order valence-electron chi connectivity index (χ0n) is 12.1. The fourth-order valence-corrected chi connectivity index (χ4v) is 3.64. The van der Waals surface area contributed by atoms with Crippen LogP contribution in [-0.2, 0) is 10.0 Å². The molecule has 1 rings (SSSR count). The molecule has 0 aliphatic rings. The molecule has 0 bridgehead atoms. The number of nitrogens with one attached hydrogen (secondary N) is 1. The number of nitrogens with two attached hydrogens (primary N) is 1. The molecule has 110 valence electrons. The van der Waals surface area contributed by atoms with E-state index in [-0.39, 0.29) is 11.4 Å². The molecule has 0 amide bonds. The average Bonchev–Trinajstić information content (AvgIpc) is 2.44. The van der Waals surface area contributed by atoms with Gasteiger partial charge in [-0.2, -0.15) is 5.26 Å². The Balaban J connectivity index is 3.18. The molecule has 0 spiro atoms. The summed E-state index contributed by atoms with van der Waals surface area (Å²) in [5.74, 6) is 0. The summed E-state index contributed by atoms with van der Waals surface area (Å²) in [6.07, 6.45) is 1.24. The molecule has 0 aliphatic carbocycles. The highest BCUT2D eigenvalue weighted by molar-refractivity contribution is 7.89. The van der Waals surface area contributed by atoms with Gasteiger partial charge in [0, 0.05) is 12.1 Å². The molecule has 0 atom stereocenters. The normalized spacial score (nSPS) is 12.2. The topological polar surface area (TPSA) is 96.0 Å². The van der Waals surface area contributed by atoms with Crippen molar-refractivity contribution in [3.05, 3.63) is 29.3 Å². The van der Waals surface area contributed by atoms with Gasteiger partial charge in [-0.05, 0) is 43.5 Å². The van der Waals surface area contributed by atoms with Gasteiger partial charge in [-0.1, -0.05) is 13.8 Å². The maximum atomic E-state index is 12.4. The summed E-state index contributed by atoms with van der Waals surface area (Å²) >= 11 is 0. The first-order valence-electron chi connectivity index (χ1n) is 6.59. The van der Waals surface area contributed by atoms with Crippen molar-refractivity contribution in [2.24, 2.45) is 5.73 Å². The quantitative estimate of drug-likeness (QED) is 0.834. The third-order valence-corrected chi connectivity index (χ3v) is 5.30. The Morgan fingerprint density at radius 3 is 2.35 bits per heavy atom. The minimum atomic E-state index is -3.64. The van der Waals surface area contributed by atoms with Gasteiger partial charge in [-0.15, -0.1) is 0 Å². The van der Waals surface area contributed by atoms with Gasteiger partial charge in [-0.3, -0.25) is 0 Å². The van der Waals surface area contributed by atoms with Crippen LogP contribution in [0.25, 0.3) is 0 Å². The van der Waals surface area contributed by atoms with Gasteiger partial charge in [0.1, 0.15) is 0 Å². The number of rotatable bonds is 6. The number of hydrogen-bond donors (Lipinski definition) is 2. The Hall–Kier alpha value is -1.42. The lowest BCUT2D eigenvalue weighted by Crippen LogP contribution is -2.52. The zero-order valence-corrected chi connectivity index (χ0v) is 12.9. The monoisotopic (exact) mass is 295 g/mol. The second-order valence-electron chi connectivity index (χ2n) is 4.89. The SMILES string of the molecule is CCC(CC)(CN)NS(=O)(=O)c1ccc(C#N)c(C)c1. The fraction of sp³-hybridized carbons (Fsp3) is 0.500. The Morgan fingerprint density at radius 2 is 1.95 bits per heavy atom. The van der Waals surface area contributed by atoms with Crippen molar-refractivity contribution < 1.29 is 8.42 Å². The first-order valence-corrected chi connectivity index (χ1v) is 8.07. The molecule has 0 fully saturated rings. The highest BCUT2D eigenvalue weighted by Gasteiger charge is 2.30. The van der Waals surface area contributed by atoms with Crippen molar-refractivity contribution in [1.82, 2.24) is 4.72 Å². The molecule has 0 saturated heterocycles. The summed E-state index contributed by atoms with van der Waals surface area (Å²) < 4.78 is 27.6. The molecule has 6 heteroatoms. The Bertz CT molecular complexity index is 606. The Morgan fingerprint density at radius 1 is 1.35 bits per heavy atom. The van der Waals surface area contributed by atoms with Crippen LogP contribution in [0.2, 0.25) is 0 Å². The molecule has 0 saturated carbocycles. The standard InChI is InChI=1S/C14H21N3O2S/c1-4-14(5-2,10-16)17-20(18,19)13-7-6-12(9-15)11(3)8-13/h6-8,17H,4-5,10,16H2,1-3H3. The molecule has 1 aromatic rings. The van der Waals surface area contributed by atoms with E-state index in [9.17, 15) is 8.42 Å². The lowest BCUT2D eigenvalue weighted by Gasteiger charge is -2.31. The van der Waals surface area contributed by atoms with E-state index >= 15 is 0 Å². The van der Waals surface area contributed by atoms with Crippen molar-refractivity contribution >= 4 is 10.0 Å². The van der Waals surface area contributed by atoms with Gasteiger partial charge in [0.05, 0.1) is 16.5 Å². The van der Waals surface area contributed by atoms with E-state index in [1.54, 1.807) is 6.92 Å². The number of sulfonamides is 1. The molecule has 0 unspecified atom stereocenters. The van der Waals surface area contributed by atoms with E-state index in [1.807, 2.05) is 19.9 Å². The minimum absolute atomic E-state index is 0.161. The van der Waals surface area contributed by atoms with Crippen LogP contribution < -0.4 is 10.5 Å². The van der Waals surface area contributed by atoms with Gasteiger partial charge in [0.25, 0.3) is 0 Å². The van der Waals surface area contributed by atoms with Crippen LogP contribution in [0.15, 0.2) is 23.1 Å². The summed E-state index contributed by atoms with van der Waals surface area (Å²) in [6, 6.07) is 6.49. The van der Waals surface area contributed by atoms with Crippen molar-refractivity contribution in [3.8, 4) is 6.07 Å². The average molecular weight is 295 g/mol. The van der Waals surface area contributed by atoms with Crippen LogP contribution in [0.3, 0.4) is 0 Å². The summed E-state index contributed by atoms with van der Waals surface area (Å²) in [7, 11) is -3.64. The van der Waals surface area contributed by atoms with Crippen LogP contribution in [-0.4, -0.2) is 20.5 Å². The second-order valence-corrected chi connectivity index (χ2v) is 6.57. The molecular formula is C14H21N3O2S. The number of hydrogen-bond acceptors (Lipinski definition) is 4. The second kappa shape index (κ2) is 6.35. The van der Waals surface area contributed by atoms with Gasteiger partial charge >= 0.3 is 0 Å². The van der Waals surface area contributed by atoms with Gasteiger partial charge < -0.3 is 5.73 Å². The fourth-order valence-electron chi connectivity index (χ4n) is 2.00. The molecule has 0 aromatic heterocycles. The van der Waals surface area contributed by atoms with Gasteiger partial charge in [0.15, 0.2) is 0 Å². The van der Waals surface area contributed by atoms with Crippen molar-refractivity contribution in [2.45, 2.75) is 44.0 Å². The van der Waals surface area contributed by atoms with E-state index in [2.05, 4.69) is 4.72 Å². The summed E-state index contributed by atoms with van der Waals surface area (Å²) in [6.45, 7) is 5.77. The maximum absolute atomic E-state index is 12.4. The molecule has 0 aliphatic heterocycles. The molecule has 5 nitrogen and oxygen atoms in total. The summed E-state index contributed by atoms with van der Waals surface area (Å²) in [5, 5.41) is 8.88. The third kappa shape index (κ3) is 3.37. The van der Waals surface area contributed by atoms with Gasteiger partial charge in [-0.25, -0.2) is 13.1 Å². The van der Waals surface area contributed by atoms with Gasteiger partial charge in [0.2, 0.25) is 10.0 Å². The molecule has 20 heavy (non-hydrogen) atoms. The summed E-state index contributed by atoms with van der Waals surface area (Å²) in [4.78, 5) is 0.161. The molecule has 0 radical (unpaired) electrons. The maximum Gasteiger partial charge on any atom is 0.241 e. The highest BCUT2D eigenvalue weighted by Crippen LogP contribution is 2.20. The predicted octanol–water partition coefficient (Wildman–Crippen LogP) is 1.66. The van der Waals surface area contributed by atoms with E-state index < -0.39 is 15.6 Å². The number of nitriles is 1. The van der Waals surface area contributed by atoms with Crippen LogP contribution in [0.5, 0.6) is 0 Å². The van der Waals surface area contributed by atoms with E-state index in [4.69, 9.17) is 11.0 Å². The van der Waals surface area contributed by atoms with E-state index in [0.29, 0.717) is 24.0 Å². The number of benzene rings is 1. The lowest BCUT2D eigenvalue weighted by molar-refractivity contribution is 0.363. The first-order chi connectivity index (χ1) is 9.34. The third-order valence-electron chi connectivity index (χ3n) is 3.72. The largest absolute Gasteiger partial charge is 0.329 e.